The molecule has 2 nitrogen and oxygen atoms in total. The maximum Gasteiger partial charge on any atom is 0.0865 e. The lowest BCUT2D eigenvalue weighted by Gasteiger charge is -2.31. The van der Waals surface area contributed by atoms with Crippen LogP contribution in [0.4, 0.5) is 0 Å². The van der Waals surface area contributed by atoms with Crippen molar-refractivity contribution in [3.05, 3.63) is 6.61 Å². The van der Waals surface area contributed by atoms with E-state index < -0.39 is 0 Å². The molecule has 0 aromatic carbocycles. The highest BCUT2D eigenvalue weighted by Crippen LogP contribution is 2.24. The fourth-order valence-electron chi connectivity index (χ4n) is 0.881. The third-order valence-corrected chi connectivity index (χ3v) is 1.87. The molecule has 53 valence electrons. The summed E-state index contributed by atoms with van der Waals surface area (Å²) >= 11 is 0. The van der Waals surface area contributed by atoms with E-state index in [2.05, 4.69) is 6.92 Å². The lowest BCUT2D eigenvalue weighted by Crippen LogP contribution is -2.32. The standard InChI is InChI=1S/C7H13O2/c1-7(8-2)3-5-9-6-4-7/h5H,3-4,6H2,1-2H3. The Hall–Kier alpha value is -0.0800. The molecule has 0 N–H and O–H groups in total. The minimum Gasteiger partial charge on any atom is -0.378 e. The average molecular weight is 129 g/mol. The maximum atomic E-state index is 5.27. The highest BCUT2D eigenvalue weighted by molar-refractivity contribution is 4.81. The van der Waals surface area contributed by atoms with Crippen LogP contribution in [-0.4, -0.2) is 19.3 Å². The predicted molar refractivity (Wildman–Crippen MR) is 34.9 cm³/mol. The molecule has 1 atom stereocenters. The molecule has 1 heterocycles. The van der Waals surface area contributed by atoms with Crippen molar-refractivity contribution in [2.45, 2.75) is 25.4 Å². The number of hydrogen-bond acceptors (Lipinski definition) is 2. The molecule has 0 saturated carbocycles. The molecule has 1 unspecified atom stereocenters. The van der Waals surface area contributed by atoms with E-state index >= 15 is 0 Å². The summed E-state index contributed by atoms with van der Waals surface area (Å²) in [7, 11) is 1.75. The first kappa shape index (κ1) is 7.03. The zero-order chi connectivity index (χ0) is 6.74. The third kappa shape index (κ3) is 1.66. The highest BCUT2D eigenvalue weighted by Gasteiger charge is 2.26. The molecule has 1 fully saturated rings. The van der Waals surface area contributed by atoms with Crippen LogP contribution < -0.4 is 0 Å². The first-order valence-corrected chi connectivity index (χ1v) is 3.25. The zero-order valence-corrected chi connectivity index (χ0v) is 6.02. The molecule has 0 spiro atoms. The van der Waals surface area contributed by atoms with Crippen molar-refractivity contribution < 1.29 is 9.47 Å². The van der Waals surface area contributed by atoms with E-state index in [4.69, 9.17) is 9.47 Å². The van der Waals surface area contributed by atoms with E-state index in [1.165, 1.54) is 0 Å². The van der Waals surface area contributed by atoms with Crippen LogP contribution in [0.5, 0.6) is 0 Å². The molecule has 1 aliphatic heterocycles. The fourth-order valence-corrected chi connectivity index (χ4v) is 0.881. The number of ether oxygens (including phenoxy) is 2. The van der Waals surface area contributed by atoms with Crippen LogP contribution in [0, 0.1) is 6.61 Å². The molecular formula is C7H13O2. The Labute approximate surface area is 56.2 Å². The quantitative estimate of drug-likeness (QED) is 0.532. The van der Waals surface area contributed by atoms with Crippen LogP contribution in [0.1, 0.15) is 19.8 Å². The van der Waals surface area contributed by atoms with Crippen LogP contribution in [0.3, 0.4) is 0 Å². The highest BCUT2D eigenvalue weighted by atomic mass is 16.5. The van der Waals surface area contributed by atoms with Gasteiger partial charge in [0.05, 0.1) is 12.2 Å². The second kappa shape index (κ2) is 2.67. The topological polar surface area (TPSA) is 18.5 Å². The summed E-state index contributed by atoms with van der Waals surface area (Å²) in [4.78, 5) is 0. The second-order valence-corrected chi connectivity index (χ2v) is 2.65. The Morgan fingerprint density at radius 1 is 1.67 bits per heavy atom. The van der Waals surface area contributed by atoms with E-state index in [9.17, 15) is 0 Å². The summed E-state index contributed by atoms with van der Waals surface area (Å²) in [5, 5.41) is 0. The van der Waals surface area contributed by atoms with Gasteiger partial charge in [-0.25, -0.2) is 0 Å². The molecule has 1 saturated heterocycles. The fraction of sp³-hybridized carbons (Fsp3) is 0.857. The molecule has 1 rings (SSSR count). The third-order valence-electron chi connectivity index (χ3n) is 1.87. The van der Waals surface area contributed by atoms with Gasteiger partial charge in [-0.2, -0.15) is 0 Å². The first-order valence-electron chi connectivity index (χ1n) is 3.25. The molecule has 9 heavy (non-hydrogen) atoms. The van der Waals surface area contributed by atoms with E-state index in [0.29, 0.717) is 0 Å². The largest absolute Gasteiger partial charge is 0.378 e. The van der Waals surface area contributed by atoms with E-state index in [1.54, 1.807) is 7.11 Å². The van der Waals surface area contributed by atoms with Gasteiger partial charge in [0, 0.05) is 20.1 Å². The van der Waals surface area contributed by atoms with Crippen molar-refractivity contribution >= 4 is 0 Å². The van der Waals surface area contributed by atoms with Crippen LogP contribution in [-0.2, 0) is 9.47 Å². The van der Waals surface area contributed by atoms with Crippen LogP contribution in [0.25, 0.3) is 0 Å². The summed E-state index contributed by atoms with van der Waals surface area (Å²) in [6, 6.07) is 0. The predicted octanol–water partition coefficient (Wildman–Crippen LogP) is 1.36. The Morgan fingerprint density at radius 3 is 2.78 bits per heavy atom. The van der Waals surface area contributed by atoms with Crippen molar-refractivity contribution in [1.82, 2.24) is 0 Å². The molecule has 1 aliphatic rings. The minimum atomic E-state index is 0.0399. The molecule has 2 heteroatoms. The van der Waals surface area contributed by atoms with Gasteiger partial charge >= 0.3 is 0 Å². The summed E-state index contributed by atoms with van der Waals surface area (Å²) in [5.74, 6) is 0. The molecule has 0 bridgehead atoms. The second-order valence-electron chi connectivity index (χ2n) is 2.65. The minimum absolute atomic E-state index is 0.0399. The SMILES string of the molecule is COC1(C)C[CH]OCC1. The van der Waals surface area contributed by atoms with Gasteiger partial charge in [-0.3, -0.25) is 0 Å². The average Bonchev–Trinajstić information content (AvgIpc) is 1.90. The Balaban J connectivity index is 2.37. The molecule has 0 aromatic heterocycles. The molecule has 0 aliphatic carbocycles. The van der Waals surface area contributed by atoms with Gasteiger partial charge < -0.3 is 9.47 Å². The van der Waals surface area contributed by atoms with Gasteiger partial charge in [0.25, 0.3) is 0 Å². The van der Waals surface area contributed by atoms with Crippen molar-refractivity contribution in [3.8, 4) is 0 Å². The van der Waals surface area contributed by atoms with Gasteiger partial charge in [0.2, 0.25) is 0 Å². The Kier molecular flexibility index (Phi) is 2.09. The first-order chi connectivity index (χ1) is 4.27. The van der Waals surface area contributed by atoms with Gasteiger partial charge in [-0.1, -0.05) is 0 Å². The summed E-state index contributed by atoms with van der Waals surface area (Å²) < 4.78 is 10.3. The smallest absolute Gasteiger partial charge is 0.0865 e. The molecule has 1 radical (unpaired) electrons. The van der Waals surface area contributed by atoms with Crippen LogP contribution in [0.15, 0.2) is 0 Å². The van der Waals surface area contributed by atoms with Gasteiger partial charge in [0.1, 0.15) is 0 Å². The van der Waals surface area contributed by atoms with Crippen LogP contribution in [0.2, 0.25) is 0 Å². The lowest BCUT2D eigenvalue weighted by molar-refractivity contribution is -0.0554. The lowest BCUT2D eigenvalue weighted by atomic mass is 9.97. The monoisotopic (exact) mass is 129 g/mol. The number of methoxy groups -OCH3 is 1. The normalized spacial score (nSPS) is 26.0. The van der Waals surface area contributed by atoms with Crippen molar-refractivity contribution in [1.29, 1.82) is 0 Å². The van der Waals surface area contributed by atoms with E-state index in [1.807, 2.05) is 6.61 Å². The van der Waals surface area contributed by atoms with Crippen molar-refractivity contribution in [2.75, 3.05) is 13.7 Å². The number of hydrogen-bond donors (Lipinski definition) is 0. The summed E-state index contributed by atoms with van der Waals surface area (Å²) in [5.41, 5.74) is 0.0399. The maximum absolute atomic E-state index is 5.27. The van der Waals surface area contributed by atoms with Crippen molar-refractivity contribution in [3.63, 3.8) is 0 Å². The molecular weight excluding hydrogens is 116 g/mol. The van der Waals surface area contributed by atoms with Gasteiger partial charge in [0.15, 0.2) is 0 Å². The summed E-state index contributed by atoms with van der Waals surface area (Å²) in [6.07, 6.45) is 1.91. The Bertz CT molecular complexity index is 84.9. The van der Waals surface area contributed by atoms with Gasteiger partial charge in [-0.15, -0.1) is 0 Å². The zero-order valence-electron chi connectivity index (χ0n) is 6.02. The van der Waals surface area contributed by atoms with Crippen LogP contribution >= 0.6 is 0 Å². The molecule has 0 aromatic rings. The van der Waals surface area contributed by atoms with Crippen molar-refractivity contribution in [2.24, 2.45) is 0 Å². The summed E-state index contributed by atoms with van der Waals surface area (Å²) in [6.45, 7) is 4.73. The van der Waals surface area contributed by atoms with E-state index in [-0.39, 0.29) is 5.60 Å². The van der Waals surface area contributed by atoms with Gasteiger partial charge in [-0.05, 0) is 13.3 Å². The molecule has 0 amide bonds. The van der Waals surface area contributed by atoms with E-state index in [0.717, 1.165) is 19.4 Å². The number of rotatable bonds is 1. The Morgan fingerprint density at radius 2 is 2.44 bits per heavy atom.